The van der Waals surface area contributed by atoms with E-state index in [0.717, 1.165) is 48.3 Å². The molecule has 7 nitrogen and oxygen atoms in total. The Hall–Kier alpha value is -3.03. The van der Waals surface area contributed by atoms with Crippen LogP contribution in [0.4, 0.5) is 0 Å². The number of hydrogen-bond donors (Lipinski definition) is 3. The summed E-state index contributed by atoms with van der Waals surface area (Å²) in [5.41, 5.74) is 3.57. The molecule has 7 heteroatoms. The second-order valence-corrected chi connectivity index (χ2v) is 8.50. The van der Waals surface area contributed by atoms with Crippen LogP contribution in [0.1, 0.15) is 45.8 Å². The first kappa shape index (κ1) is 19.9. The summed E-state index contributed by atoms with van der Waals surface area (Å²) in [4.78, 5) is 19.9. The number of pyridine rings is 1. The maximum atomic E-state index is 13.3. The van der Waals surface area contributed by atoms with Crippen molar-refractivity contribution in [1.29, 1.82) is 0 Å². The number of carbonyl (C=O) groups is 1. The van der Waals surface area contributed by atoms with Gasteiger partial charge in [0.1, 0.15) is 0 Å². The Morgan fingerprint density at radius 2 is 2.03 bits per heavy atom. The maximum Gasteiger partial charge on any atom is 0.272 e. The summed E-state index contributed by atoms with van der Waals surface area (Å²) in [6, 6.07) is 15.7. The minimum absolute atomic E-state index is 0.222. The zero-order valence-corrected chi connectivity index (χ0v) is 17.4. The average molecular weight is 418 g/mol. The summed E-state index contributed by atoms with van der Waals surface area (Å²) in [7, 11) is 0. The number of carbonyl (C=O) groups excluding carboxylic acids is 1. The van der Waals surface area contributed by atoms with Crippen LogP contribution in [0.3, 0.4) is 0 Å². The first-order chi connectivity index (χ1) is 15.2. The number of piperidine rings is 1. The smallest absolute Gasteiger partial charge is 0.272 e. The highest BCUT2D eigenvalue weighted by Gasteiger charge is 2.45. The lowest BCUT2D eigenvalue weighted by Crippen LogP contribution is -2.61. The molecule has 1 aliphatic heterocycles. The third-order valence-electron chi connectivity index (χ3n) is 6.58. The second-order valence-electron chi connectivity index (χ2n) is 8.50. The number of H-pyrrole nitrogens is 1. The SMILES string of the molecule is O=C(N[C@]1(c2ccccc2)CCN(Cc2ccccn2)C[C@H]1O)c1n[nH]c2c1CCC2. The second kappa shape index (κ2) is 8.24. The van der Waals surface area contributed by atoms with Gasteiger partial charge in [-0.3, -0.25) is 19.8 Å². The predicted molar refractivity (Wildman–Crippen MR) is 116 cm³/mol. The Bertz CT molecular complexity index is 1050. The largest absolute Gasteiger partial charge is 0.389 e. The van der Waals surface area contributed by atoms with Crippen molar-refractivity contribution in [3.8, 4) is 0 Å². The number of amides is 1. The maximum absolute atomic E-state index is 13.3. The van der Waals surface area contributed by atoms with E-state index < -0.39 is 11.6 Å². The minimum atomic E-state index is -0.858. The Labute approximate surface area is 181 Å². The number of fused-ring (bicyclic) bond motifs is 1. The first-order valence-corrected chi connectivity index (χ1v) is 10.9. The molecule has 3 aromatic rings. The van der Waals surface area contributed by atoms with Crippen molar-refractivity contribution in [3.63, 3.8) is 0 Å². The fourth-order valence-corrected chi connectivity index (χ4v) is 4.92. The van der Waals surface area contributed by atoms with Gasteiger partial charge in [-0.25, -0.2) is 0 Å². The normalized spacial score (nSPS) is 23.5. The molecule has 1 amide bonds. The number of rotatable bonds is 5. The third-order valence-corrected chi connectivity index (χ3v) is 6.58. The van der Waals surface area contributed by atoms with Crippen molar-refractivity contribution in [2.45, 2.75) is 43.9 Å². The van der Waals surface area contributed by atoms with Crippen molar-refractivity contribution in [1.82, 2.24) is 25.4 Å². The average Bonchev–Trinajstić information content (AvgIpc) is 3.41. The van der Waals surface area contributed by atoms with Crippen molar-refractivity contribution >= 4 is 5.91 Å². The number of aliphatic hydroxyl groups excluding tert-OH is 1. The number of likely N-dealkylation sites (tertiary alicyclic amines) is 1. The minimum Gasteiger partial charge on any atom is -0.389 e. The fourth-order valence-electron chi connectivity index (χ4n) is 4.92. The topological polar surface area (TPSA) is 94.1 Å². The number of aliphatic hydroxyl groups is 1. The van der Waals surface area contributed by atoms with E-state index in [0.29, 0.717) is 25.2 Å². The quantitative estimate of drug-likeness (QED) is 0.592. The van der Waals surface area contributed by atoms with E-state index >= 15 is 0 Å². The van der Waals surface area contributed by atoms with Gasteiger partial charge in [-0.15, -0.1) is 0 Å². The van der Waals surface area contributed by atoms with Crippen molar-refractivity contribution < 1.29 is 9.90 Å². The van der Waals surface area contributed by atoms with E-state index in [1.165, 1.54) is 0 Å². The molecule has 3 N–H and O–H groups in total. The number of benzene rings is 1. The molecule has 0 saturated carbocycles. The summed E-state index contributed by atoms with van der Waals surface area (Å²) in [6.45, 7) is 1.86. The molecule has 2 aliphatic rings. The highest BCUT2D eigenvalue weighted by molar-refractivity contribution is 5.94. The van der Waals surface area contributed by atoms with Crippen molar-refractivity contribution in [3.05, 3.63) is 82.9 Å². The third kappa shape index (κ3) is 3.75. The highest BCUT2D eigenvalue weighted by Crippen LogP contribution is 2.35. The fraction of sp³-hybridized carbons (Fsp3) is 0.375. The van der Waals surface area contributed by atoms with Crippen LogP contribution in [0.5, 0.6) is 0 Å². The molecule has 1 aliphatic carbocycles. The Balaban J connectivity index is 1.40. The summed E-state index contributed by atoms with van der Waals surface area (Å²) >= 11 is 0. The number of aromatic amines is 1. The Morgan fingerprint density at radius 3 is 2.81 bits per heavy atom. The van der Waals surface area contributed by atoms with Gasteiger partial charge in [0.25, 0.3) is 5.91 Å². The van der Waals surface area contributed by atoms with Gasteiger partial charge in [0.05, 0.1) is 17.3 Å². The molecule has 2 aromatic heterocycles. The van der Waals surface area contributed by atoms with Gasteiger partial charge in [0, 0.05) is 37.1 Å². The summed E-state index contributed by atoms with van der Waals surface area (Å²) in [5, 5.41) is 21.9. The lowest BCUT2D eigenvalue weighted by molar-refractivity contribution is -0.0185. The molecule has 0 bridgehead atoms. The monoisotopic (exact) mass is 417 g/mol. The van der Waals surface area contributed by atoms with E-state index in [9.17, 15) is 9.90 Å². The molecule has 0 radical (unpaired) electrons. The molecule has 5 rings (SSSR count). The van der Waals surface area contributed by atoms with E-state index in [2.05, 4.69) is 25.4 Å². The zero-order chi connectivity index (χ0) is 21.3. The Morgan fingerprint density at radius 1 is 1.19 bits per heavy atom. The molecular formula is C24H27N5O2. The lowest BCUT2D eigenvalue weighted by Gasteiger charge is -2.46. The Kier molecular flexibility index (Phi) is 5.29. The molecule has 3 heterocycles. The number of aryl methyl sites for hydroxylation is 1. The molecule has 1 fully saturated rings. The van der Waals surface area contributed by atoms with Crippen LogP contribution in [0.15, 0.2) is 54.7 Å². The van der Waals surface area contributed by atoms with E-state index in [4.69, 9.17) is 0 Å². The van der Waals surface area contributed by atoms with Crippen LogP contribution in [-0.4, -0.2) is 50.3 Å². The summed E-state index contributed by atoms with van der Waals surface area (Å²) in [6.07, 6.45) is 4.47. The number of hydrogen-bond acceptors (Lipinski definition) is 5. The number of nitrogens with one attached hydrogen (secondary N) is 2. The van der Waals surface area contributed by atoms with Crippen LogP contribution in [0.25, 0.3) is 0 Å². The van der Waals surface area contributed by atoms with Crippen LogP contribution in [0, 0.1) is 0 Å². The molecule has 0 spiro atoms. The standard InChI is InChI=1S/C24H27N5O2/c30-21-16-29(15-18-9-4-5-13-25-18)14-12-24(21,17-7-2-1-3-8-17)26-23(31)22-19-10-6-11-20(19)27-28-22/h1-5,7-9,13,21,30H,6,10-12,14-16H2,(H,26,31)(H,27,28)/t21-,24+/m1/s1. The first-order valence-electron chi connectivity index (χ1n) is 10.9. The zero-order valence-electron chi connectivity index (χ0n) is 17.4. The van der Waals surface area contributed by atoms with Gasteiger partial charge < -0.3 is 10.4 Å². The number of aromatic nitrogens is 3. The predicted octanol–water partition coefficient (Wildman–Crippen LogP) is 2.19. The summed E-state index contributed by atoms with van der Waals surface area (Å²) < 4.78 is 0. The van der Waals surface area contributed by atoms with Gasteiger partial charge in [-0.1, -0.05) is 36.4 Å². The molecular weight excluding hydrogens is 390 g/mol. The van der Waals surface area contributed by atoms with Crippen LogP contribution in [-0.2, 0) is 24.9 Å². The van der Waals surface area contributed by atoms with Crippen LogP contribution in [0.2, 0.25) is 0 Å². The lowest BCUT2D eigenvalue weighted by atomic mass is 9.78. The molecule has 31 heavy (non-hydrogen) atoms. The van der Waals surface area contributed by atoms with Gasteiger partial charge in [0.15, 0.2) is 5.69 Å². The molecule has 0 unspecified atom stereocenters. The number of nitrogens with zero attached hydrogens (tertiary/aromatic N) is 3. The molecule has 2 atom stereocenters. The molecule has 160 valence electrons. The van der Waals surface area contributed by atoms with Crippen molar-refractivity contribution in [2.75, 3.05) is 13.1 Å². The van der Waals surface area contributed by atoms with Gasteiger partial charge >= 0.3 is 0 Å². The summed E-state index contributed by atoms with van der Waals surface area (Å²) in [5.74, 6) is -0.222. The highest BCUT2D eigenvalue weighted by atomic mass is 16.3. The number of β-amino-alcohol motifs (C(OH)–C–C–N with tert-alkyl or cyclic N) is 1. The van der Waals surface area contributed by atoms with Gasteiger partial charge in [-0.05, 0) is 43.4 Å². The van der Waals surface area contributed by atoms with E-state index in [-0.39, 0.29) is 5.91 Å². The van der Waals surface area contributed by atoms with E-state index in [1.54, 1.807) is 6.20 Å². The van der Waals surface area contributed by atoms with Gasteiger partial charge in [0.2, 0.25) is 0 Å². The van der Waals surface area contributed by atoms with Crippen molar-refractivity contribution in [2.24, 2.45) is 0 Å². The molecule has 1 aromatic carbocycles. The molecule has 1 saturated heterocycles. The van der Waals surface area contributed by atoms with Gasteiger partial charge in [-0.2, -0.15) is 5.10 Å². The van der Waals surface area contributed by atoms with Crippen LogP contribution < -0.4 is 5.32 Å². The van der Waals surface area contributed by atoms with E-state index in [1.807, 2.05) is 48.5 Å². The van der Waals surface area contributed by atoms with Crippen LogP contribution >= 0.6 is 0 Å².